The molecule has 1 fully saturated rings. The fraction of sp³-hybridized carbons (Fsp3) is 0.292. The predicted molar refractivity (Wildman–Crippen MR) is 111 cm³/mol. The molecule has 32 heavy (non-hydrogen) atoms. The van der Waals surface area contributed by atoms with Gasteiger partial charge >= 0.3 is 0 Å². The van der Waals surface area contributed by atoms with Crippen molar-refractivity contribution in [3.63, 3.8) is 0 Å². The molecule has 2 atom stereocenters. The molecule has 0 N–H and O–H groups in total. The van der Waals surface area contributed by atoms with Gasteiger partial charge in [-0.3, -0.25) is 4.98 Å². The molecule has 1 aromatic carbocycles. The molecule has 0 aliphatic heterocycles. The van der Waals surface area contributed by atoms with Crippen LogP contribution < -0.4 is 0 Å². The minimum Gasteiger partial charge on any atom is -0.442 e. The minimum atomic E-state index is -0.651. The third-order valence-corrected chi connectivity index (χ3v) is 7.36. The average Bonchev–Trinajstić information content (AvgIpc) is 3.45. The molecule has 6 rings (SSSR count). The highest BCUT2D eigenvalue weighted by Gasteiger charge is 2.65. The highest BCUT2D eigenvalue weighted by molar-refractivity contribution is 5.64. The fourth-order valence-electron chi connectivity index (χ4n) is 5.79. The van der Waals surface area contributed by atoms with Crippen LogP contribution in [0, 0.1) is 17.0 Å². The Bertz CT molecular complexity index is 1330. The summed E-state index contributed by atoms with van der Waals surface area (Å²) < 4.78 is 34.2. The first-order chi connectivity index (χ1) is 15.4. The van der Waals surface area contributed by atoms with E-state index in [-0.39, 0.29) is 22.6 Å². The van der Waals surface area contributed by atoms with E-state index in [1.54, 1.807) is 24.7 Å². The van der Waals surface area contributed by atoms with Crippen LogP contribution in [0.2, 0.25) is 0 Å². The van der Waals surface area contributed by atoms with Gasteiger partial charge in [0, 0.05) is 6.20 Å². The fourth-order valence-corrected chi connectivity index (χ4v) is 5.79. The smallest absolute Gasteiger partial charge is 0.181 e. The van der Waals surface area contributed by atoms with Gasteiger partial charge in [0.2, 0.25) is 0 Å². The SMILES string of the molecule is CC1(C)[C@H]2CC[C@]1(c1cncc(-c3cnco3)n1)c1nnc(-c3c(F)cccc3F)cc12. The van der Waals surface area contributed by atoms with Gasteiger partial charge in [0.05, 0.1) is 40.5 Å². The first-order valence-electron chi connectivity index (χ1n) is 10.5. The summed E-state index contributed by atoms with van der Waals surface area (Å²) in [6, 6.07) is 5.60. The van der Waals surface area contributed by atoms with Crippen molar-refractivity contribution >= 4 is 0 Å². The Morgan fingerprint density at radius 1 is 1.00 bits per heavy atom. The van der Waals surface area contributed by atoms with Crippen molar-refractivity contribution < 1.29 is 13.2 Å². The Labute approximate surface area is 182 Å². The lowest BCUT2D eigenvalue weighted by atomic mass is 9.66. The molecule has 2 aliphatic rings. The maximum absolute atomic E-state index is 14.4. The summed E-state index contributed by atoms with van der Waals surface area (Å²) in [5, 5.41) is 8.81. The Balaban J connectivity index is 1.54. The number of benzene rings is 1. The van der Waals surface area contributed by atoms with Crippen molar-refractivity contribution in [1.82, 2.24) is 25.1 Å². The van der Waals surface area contributed by atoms with Gasteiger partial charge in [0.25, 0.3) is 0 Å². The third kappa shape index (κ3) is 2.35. The lowest BCUT2D eigenvalue weighted by molar-refractivity contribution is 0.242. The van der Waals surface area contributed by atoms with Gasteiger partial charge in [-0.2, -0.15) is 5.10 Å². The van der Waals surface area contributed by atoms with E-state index in [2.05, 4.69) is 34.0 Å². The summed E-state index contributed by atoms with van der Waals surface area (Å²) >= 11 is 0. The minimum absolute atomic E-state index is 0.149. The quantitative estimate of drug-likeness (QED) is 0.451. The molecular weight excluding hydrogens is 412 g/mol. The van der Waals surface area contributed by atoms with Gasteiger partial charge < -0.3 is 4.42 Å². The van der Waals surface area contributed by atoms with Gasteiger partial charge in [0.1, 0.15) is 17.3 Å². The highest BCUT2D eigenvalue weighted by Crippen LogP contribution is 2.69. The van der Waals surface area contributed by atoms with E-state index < -0.39 is 17.0 Å². The van der Waals surface area contributed by atoms with E-state index in [1.165, 1.54) is 24.6 Å². The molecule has 6 nitrogen and oxygen atoms in total. The van der Waals surface area contributed by atoms with Crippen molar-refractivity contribution in [2.24, 2.45) is 5.41 Å². The van der Waals surface area contributed by atoms with Crippen molar-refractivity contribution in [1.29, 1.82) is 0 Å². The summed E-state index contributed by atoms with van der Waals surface area (Å²) in [6.45, 7) is 4.39. The third-order valence-electron chi connectivity index (χ3n) is 7.36. The van der Waals surface area contributed by atoms with E-state index in [0.29, 0.717) is 11.5 Å². The van der Waals surface area contributed by atoms with Crippen molar-refractivity contribution in [3.8, 4) is 22.7 Å². The Kier molecular flexibility index (Phi) is 3.88. The van der Waals surface area contributed by atoms with E-state index in [4.69, 9.17) is 9.40 Å². The summed E-state index contributed by atoms with van der Waals surface area (Å²) in [4.78, 5) is 13.3. The van der Waals surface area contributed by atoms with Gasteiger partial charge in [0.15, 0.2) is 12.2 Å². The summed E-state index contributed by atoms with van der Waals surface area (Å²) in [5.41, 5.74) is 2.49. The number of hydrogen-bond donors (Lipinski definition) is 0. The van der Waals surface area contributed by atoms with Crippen molar-refractivity contribution in [3.05, 3.63) is 77.8 Å². The molecule has 0 amide bonds. The van der Waals surface area contributed by atoms with Crippen LogP contribution in [0.1, 0.15) is 49.6 Å². The summed E-state index contributed by atoms with van der Waals surface area (Å²) in [7, 11) is 0. The maximum atomic E-state index is 14.4. The van der Waals surface area contributed by atoms with Crippen LogP contribution in [0.15, 0.2) is 53.7 Å². The molecular formula is C24H19F2N5O. The molecule has 3 heterocycles. The number of rotatable bonds is 3. The molecule has 0 saturated heterocycles. The van der Waals surface area contributed by atoms with Crippen LogP contribution in [-0.4, -0.2) is 25.1 Å². The number of aromatic nitrogens is 5. The molecule has 160 valence electrons. The second-order valence-electron chi connectivity index (χ2n) is 9.00. The number of oxazole rings is 1. The van der Waals surface area contributed by atoms with Crippen molar-refractivity contribution in [2.45, 2.75) is 38.0 Å². The number of nitrogens with zero attached hydrogens (tertiary/aromatic N) is 5. The largest absolute Gasteiger partial charge is 0.442 e. The van der Waals surface area contributed by atoms with E-state index in [1.807, 2.05) is 0 Å². The molecule has 1 saturated carbocycles. The Morgan fingerprint density at radius 3 is 2.56 bits per heavy atom. The van der Waals surface area contributed by atoms with E-state index in [0.717, 1.165) is 29.8 Å². The van der Waals surface area contributed by atoms with Gasteiger partial charge in [-0.1, -0.05) is 19.9 Å². The Hall–Kier alpha value is -3.55. The molecule has 2 bridgehead atoms. The van der Waals surface area contributed by atoms with Gasteiger partial charge in [-0.15, -0.1) is 5.10 Å². The second-order valence-corrected chi connectivity index (χ2v) is 9.00. The standard InChI is InChI=1S/C24H19F2N5O/c1-23(2)14-6-7-24(23,20-11-27-9-18(29-20)19-10-28-12-32-19)22-13(14)8-17(30-31-22)21-15(25)4-3-5-16(21)26/h3-5,8-12,14H,6-7H2,1-2H3/t14-,24-/m0/s1. The van der Waals surface area contributed by atoms with Crippen LogP contribution in [-0.2, 0) is 5.41 Å². The molecule has 8 heteroatoms. The van der Waals surface area contributed by atoms with Crippen LogP contribution in [0.3, 0.4) is 0 Å². The average molecular weight is 431 g/mol. The van der Waals surface area contributed by atoms with Crippen LogP contribution >= 0.6 is 0 Å². The number of fused-ring (bicyclic) bond motifs is 5. The maximum Gasteiger partial charge on any atom is 0.181 e. The number of hydrogen-bond acceptors (Lipinski definition) is 6. The molecule has 0 radical (unpaired) electrons. The lowest BCUT2D eigenvalue weighted by Crippen LogP contribution is -2.38. The van der Waals surface area contributed by atoms with E-state index >= 15 is 0 Å². The molecule has 0 unspecified atom stereocenters. The van der Waals surface area contributed by atoms with Crippen LogP contribution in [0.4, 0.5) is 8.78 Å². The predicted octanol–water partition coefficient (Wildman–Crippen LogP) is 5.07. The van der Waals surface area contributed by atoms with E-state index in [9.17, 15) is 8.78 Å². The van der Waals surface area contributed by atoms with Gasteiger partial charge in [-0.25, -0.2) is 18.7 Å². The zero-order valence-corrected chi connectivity index (χ0v) is 17.5. The first-order valence-corrected chi connectivity index (χ1v) is 10.5. The second kappa shape index (κ2) is 6.48. The highest BCUT2D eigenvalue weighted by atomic mass is 19.1. The number of halogens is 2. The molecule has 4 aromatic rings. The topological polar surface area (TPSA) is 77.6 Å². The summed E-state index contributed by atoms with van der Waals surface area (Å²) in [5.74, 6) is -0.598. The first kappa shape index (κ1) is 19.2. The monoisotopic (exact) mass is 431 g/mol. The zero-order chi connectivity index (χ0) is 22.1. The Morgan fingerprint density at radius 2 is 1.81 bits per heavy atom. The van der Waals surface area contributed by atoms with Gasteiger partial charge in [-0.05, 0) is 47.9 Å². The normalized spacial score (nSPS) is 22.8. The zero-order valence-electron chi connectivity index (χ0n) is 17.5. The van der Waals surface area contributed by atoms with Crippen LogP contribution in [0.5, 0.6) is 0 Å². The lowest BCUT2D eigenvalue weighted by Gasteiger charge is -2.37. The summed E-state index contributed by atoms with van der Waals surface area (Å²) in [6.07, 6.45) is 8.13. The van der Waals surface area contributed by atoms with Crippen LogP contribution in [0.25, 0.3) is 22.7 Å². The molecule has 2 aliphatic carbocycles. The molecule has 0 spiro atoms. The van der Waals surface area contributed by atoms with Crippen molar-refractivity contribution in [2.75, 3.05) is 0 Å². The molecule has 3 aromatic heterocycles.